The molecule has 0 bridgehead atoms. The molecule has 1 aliphatic heterocycles. The van der Waals surface area contributed by atoms with Gasteiger partial charge in [-0.3, -0.25) is 0 Å². The molecule has 1 aliphatic rings. The number of hydrogen-bond donors (Lipinski definition) is 1. The van der Waals surface area contributed by atoms with Crippen LogP contribution in [0.3, 0.4) is 0 Å². The summed E-state index contributed by atoms with van der Waals surface area (Å²) in [7, 11) is 0. The maximum atomic E-state index is 6.64. The van der Waals surface area contributed by atoms with Crippen molar-refractivity contribution in [2.45, 2.75) is 6.17 Å². The van der Waals surface area contributed by atoms with Gasteiger partial charge in [0.2, 0.25) is 5.88 Å². The number of aromatic nitrogens is 3. The normalized spacial score (nSPS) is 15.2. The zero-order chi connectivity index (χ0) is 22.2. The van der Waals surface area contributed by atoms with E-state index in [0.717, 1.165) is 33.7 Å². The zero-order valence-corrected chi connectivity index (χ0v) is 17.6. The number of benzene rings is 3. The molecular formula is C26H20N6O. The van der Waals surface area contributed by atoms with Gasteiger partial charge in [0.15, 0.2) is 5.65 Å². The minimum absolute atomic E-state index is 0.399. The fourth-order valence-electron chi connectivity index (χ4n) is 4.03. The standard InChI is InChI=1S/C26H20N6O/c27-26-22-9-5-4-8-21(22)25(18-6-2-1-3-7-18)30-31(26)19-10-12-20(13-11-19)33-24-15-16-28-23-14-17-29-32(23)24/h1-17,26H,27H2. The summed E-state index contributed by atoms with van der Waals surface area (Å²) in [5, 5.41) is 11.1. The second-order valence-electron chi connectivity index (χ2n) is 7.67. The van der Waals surface area contributed by atoms with Crippen LogP contribution >= 0.6 is 0 Å². The van der Waals surface area contributed by atoms with Gasteiger partial charge in [0.05, 0.1) is 17.6 Å². The van der Waals surface area contributed by atoms with Gasteiger partial charge >= 0.3 is 0 Å². The molecule has 0 saturated heterocycles. The molecule has 0 saturated carbocycles. The molecule has 33 heavy (non-hydrogen) atoms. The van der Waals surface area contributed by atoms with Gasteiger partial charge in [-0.15, -0.1) is 0 Å². The van der Waals surface area contributed by atoms with Crippen LogP contribution in [0.5, 0.6) is 11.6 Å². The number of anilines is 1. The lowest BCUT2D eigenvalue weighted by molar-refractivity contribution is 0.446. The van der Waals surface area contributed by atoms with E-state index in [9.17, 15) is 0 Å². The van der Waals surface area contributed by atoms with E-state index >= 15 is 0 Å². The van der Waals surface area contributed by atoms with Gasteiger partial charge in [-0.25, -0.2) is 9.99 Å². The van der Waals surface area contributed by atoms with Crippen LogP contribution in [-0.2, 0) is 0 Å². The highest BCUT2D eigenvalue weighted by molar-refractivity contribution is 6.14. The van der Waals surface area contributed by atoms with Crippen LogP contribution in [-0.4, -0.2) is 20.3 Å². The van der Waals surface area contributed by atoms with Crippen molar-refractivity contribution in [1.29, 1.82) is 0 Å². The maximum Gasteiger partial charge on any atom is 0.223 e. The smallest absolute Gasteiger partial charge is 0.223 e. The number of hydrazone groups is 1. The number of rotatable bonds is 4. The van der Waals surface area contributed by atoms with Crippen molar-refractivity contribution in [3.63, 3.8) is 0 Å². The molecule has 0 amide bonds. The lowest BCUT2D eigenvalue weighted by atomic mass is 9.94. The first-order valence-corrected chi connectivity index (χ1v) is 10.6. The molecule has 0 spiro atoms. The first kappa shape index (κ1) is 19.2. The van der Waals surface area contributed by atoms with Gasteiger partial charge < -0.3 is 10.5 Å². The highest BCUT2D eigenvalue weighted by Crippen LogP contribution is 2.34. The Bertz CT molecular complexity index is 1460. The number of nitrogens with zero attached hydrogens (tertiary/aromatic N) is 5. The third kappa shape index (κ3) is 3.40. The van der Waals surface area contributed by atoms with Crippen molar-refractivity contribution in [3.05, 3.63) is 120 Å². The lowest BCUT2D eigenvalue weighted by Gasteiger charge is -2.33. The van der Waals surface area contributed by atoms with Crippen LogP contribution in [0.25, 0.3) is 5.65 Å². The fourth-order valence-corrected chi connectivity index (χ4v) is 4.03. The quantitative estimate of drug-likeness (QED) is 0.443. The van der Waals surface area contributed by atoms with Crippen molar-refractivity contribution >= 4 is 17.0 Å². The van der Waals surface area contributed by atoms with Gasteiger partial charge in [0.1, 0.15) is 11.9 Å². The summed E-state index contributed by atoms with van der Waals surface area (Å²) in [6.07, 6.45) is 2.99. The van der Waals surface area contributed by atoms with E-state index in [1.807, 2.05) is 65.7 Å². The van der Waals surface area contributed by atoms with E-state index < -0.39 is 6.17 Å². The van der Waals surface area contributed by atoms with E-state index in [2.05, 4.69) is 34.3 Å². The molecule has 0 radical (unpaired) electrons. The molecule has 3 aromatic carbocycles. The van der Waals surface area contributed by atoms with Gasteiger partial charge in [-0.1, -0.05) is 54.6 Å². The highest BCUT2D eigenvalue weighted by Gasteiger charge is 2.27. The van der Waals surface area contributed by atoms with E-state index in [-0.39, 0.29) is 0 Å². The Hall–Kier alpha value is -4.49. The predicted molar refractivity (Wildman–Crippen MR) is 127 cm³/mol. The summed E-state index contributed by atoms with van der Waals surface area (Å²) in [4.78, 5) is 4.26. The van der Waals surface area contributed by atoms with Crippen molar-refractivity contribution < 1.29 is 4.74 Å². The molecule has 7 nitrogen and oxygen atoms in total. The first-order valence-electron chi connectivity index (χ1n) is 10.6. The lowest BCUT2D eigenvalue weighted by Crippen LogP contribution is -2.36. The molecule has 3 heterocycles. The Balaban J connectivity index is 1.35. The Morgan fingerprint density at radius 1 is 0.788 bits per heavy atom. The molecule has 2 aromatic heterocycles. The molecule has 6 rings (SSSR count). The Labute approximate surface area is 190 Å². The fraction of sp³-hybridized carbons (Fsp3) is 0.0385. The van der Waals surface area contributed by atoms with Crippen LogP contribution in [0, 0.1) is 0 Å². The van der Waals surface area contributed by atoms with E-state index in [1.54, 1.807) is 23.0 Å². The van der Waals surface area contributed by atoms with E-state index in [0.29, 0.717) is 11.6 Å². The molecule has 1 atom stereocenters. The van der Waals surface area contributed by atoms with Crippen LogP contribution in [0.4, 0.5) is 5.69 Å². The summed E-state index contributed by atoms with van der Waals surface area (Å²) in [6.45, 7) is 0. The summed E-state index contributed by atoms with van der Waals surface area (Å²) in [5.41, 5.74) is 12.3. The third-order valence-electron chi connectivity index (χ3n) is 5.63. The van der Waals surface area contributed by atoms with Crippen molar-refractivity contribution in [1.82, 2.24) is 14.6 Å². The Morgan fingerprint density at radius 3 is 2.42 bits per heavy atom. The molecule has 160 valence electrons. The van der Waals surface area contributed by atoms with Gasteiger partial charge in [-0.2, -0.15) is 14.7 Å². The summed E-state index contributed by atoms with van der Waals surface area (Å²) in [5.74, 6) is 1.27. The van der Waals surface area contributed by atoms with E-state index in [1.165, 1.54) is 0 Å². The molecule has 2 N–H and O–H groups in total. The largest absolute Gasteiger partial charge is 0.439 e. The first-order chi connectivity index (χ1) is 16.3. The molecule has 7 heteroatoms. The van der Waals surface area contributed by atoms with Crippen molar-refractivity contribution in [2.75, 3.05) is 5.01 Å². The average molecular weight is 432 g/mol. The molecule has 5 aromatic rings. The number of nitrogens with two attached hydrogens (primary N) is 1. The summed E-state index contributed by atoms with van der Waals surface area (Å²) >= 11 is 0. The highest BCUT2D eigenvalue weighted by atomic mass is 16.5. The minimum Gasteiger partial charge on any atom is -0.439 e. The number of ether oxygens (including phenoxy) is 1. The Kier molecular flexibility index (Phi) is 4.59. The number of fused-ring (bicyclic) bond motifs is 2. The zero-order valence-electron chi connectivity index (χ0n) is 17.6. The molecule has 0 fully saturated rings. The molecular weight excluding hydrogens is 412 g/mol. The Morgan fingerprint density at radius 2 is 1.58 bits per heavy atom. The minimum atomic E-state index is -0.399. The van der Waals surface area contributed by atoms with E-state index in [4.69, 9.17) is 15.6 Å². The maximum absolute atomic E-state index is 6.64. The SMILES string of the molecule is NC1c2ccccc2C(c2ccccc2)=NN1c1ccc(Oc2ccnc3ccnn23)cc1. The average Bonchev–Trinajstić information content (AvgIpc) is 3.36. The van der Waals surface area contributed by atoms with Crippen LogP contribution in [0.2, 0.25) is 0 Å². The second-order valence-corrected chi connectivity index (χ2v) is 7.67. The molecule has 1 unspecified atom stereocenters. The van der Waals surface area contributed by atoms with Crippen LogP contribution in [0.15, 0.2) is 108 Å². The van der Waals surface area contributed by atoms with Gasteiger partial charge in [0.25, 0.3) is 0 Å². The van der Waals surface area contributed by atoms with Crippen LogP contribution < -0.4 is 15.5 Å². The monoisotopic (exact) mass is 432 g/mol. The summed E-state index contributed by atoms with van der Waals surface area (Å²) < 4.78 is 7.70. The van der Waals surface area contributed by atoms with Crippen molar-refractivity contribution in [3.8, 4) is 11.6 Å². The second kappa shape index (κ2) is 7.89. The van der Waals surface area contributed by atoms with Gasteiger partial charge in [0, 0.05) is 35.0 Å². The van der Waals surface area contributed by atoms with Crippen LogP contribution in [0.1, 0.15) is 22.9 Å². The topological polar surface area (TPSA) is 81.0 Å². The van der Waals surface area contributed by atoms with Gasteiger partial charge in [-0.05, 0) is 24.3 Å². The number of hydrogen-bond acceptors (Lipinski definition) is 6. The third-order valence-corrected chi connectivity index (χ3v) is 5.63. The predicted octanol–water partition coefficient (Wildman–Crippen LogP) is 4.75. The van der Waals surface area contributed by atoms with Crippen molar-refractivity contribution in [2.24, 2.45) is 10.8 Å². The summed E-state index contributed by atoms with van der Waals surface area (Å²) in [6, 6.07) is 29.6. The molecule has 0 aliphatic carbocycles.